The van der Waals surface area contributed by atoms with Gasteiger partial charge in [0.25, 0.3) is 11.8 Å². The molecule has 1 heterocycles. The van der Waals surface area contributed by atoms with Gasteiger partial charge in [-0.2, -0.15) is 5.11 Å². The summed E-state index contributed by atoms with van der Waals surface area (Å²) in [7, 11) is 0. The van der Waals surface area contributed by atoms with Crippen LogP contribution in [0.15, 0.2) is 49.5 Å². The Morgan fingerprint density at radius 2 is 1.62 bits per heavy atom. The van der Waals surface area contributed by atoms with Crippen molar-refractivity contribution in [3.63, 3.8) is 0 Å². The fraction of sp³-hybridized carbons (Fsp3) is 0.333. The van der Waals surface area contributed by atoms with Crippen LogP contribution in [0.1, 0.15) is 47.9 Å². The number of halogens is 2. The number of fused-ring (bicyclic) bond motifs is 1. The Morgan fingerprint density at radius 3 is 2.21 bits per heavy atom. The first-order valence-electron chi connectivity index (χ1n) is 9.57. The molecule has 0 bridgehead atoms. The van der Waals surface area contributed by atoms with Crippen LogP contribution in [0.2, 0.25) is 0 Å². The van der Waals surface area contributed by atoms with Crippen molar-refractivity contribution in [2.24, 2.45) is 10.2 Å². The normalized spacial score (nSPS) is 13.5. The summed E-state index contributed by atoms with van der Waals surface area (Å²) in [6.45, 7) is 8.44. The number of amides is 2. The zero-order valence-electron chi connectivity index (χ0n) is 16.6. The van der Waals surface area contributed by atoms with Crippen LogP contribution < -0.4 is 4.90 Å². The number of imide groups is 1. The van der Waals surface area contributed by atoms with E-state index in [9.17, 15) is 9.59 Å². The van der Waals surface area contributed by atoms with E-state index >= 15 is 0 Å². The Labute approximate surface area is 187 Å². The lowest BCUT2D eigenvalue weighted by atomic mass is 10.1. The third-order valence-electron chi connectivity index (χ3n) is 4.82. The summed E-state index contributed by atoms with van der Waals surface area (Å²) in [6.07, 6.45) is 0.709. The van der Waals surface area contributed by atoms with Crippen LogP contribution in [0.5, 0.6) is 0 Å². The molecule has 2 aromatic carbocycles. The second-order valence-corrected chi connectivity index (χ2v) is 8.24. The van der Waals surface area contributed by atoms with Gasteiger partial charge < -0.3 is 4.90 Å². The second kappa shape index (κ2) is 9.17. The van der Waals surface area contributed by atoms with Gasteiger partial charge in [-0.05, 0) is 82.5 Å². The van der Waals surface area contributed by atoms with Crippen molar-refractivity contribution in [1.82, 2.24) is 4.90 Å². The number of benzene rings is 2. The number of hydrogen-bond donors (Lipinski definition) is 0. The number of rotatable bonds is 7. The molecule has 6 nitrogen and oxygen atoms in total. The van der Waals surface area contributed by atoms with Crippen molar-refractivity contribution in [3.8, 4) is 0 Å². The van der Waals surface area contributed by atoms with Crippen LogP contribution in [-0.4, -0.2) is 36.3 Å². The Balaban J connectivity index is 1.92. The molecule has 8 heteroatoms. The average molecular weight is 522 g/mol. The van der Waals surface area contributed by atoms with E-state index in [0.29, 0.717) is 44.4 Å². The van der Waals surface area contributed by atoms with Gasteiger partial charge in [-0.15, -0.1) is 5.11 Å². The minimum Gasteiger partial charge on any atom is -0.372 e. The van der Waals surface area contributed by atoms with Crippen LogP contribution in [0.25, 0.3) is 0 Å². The molecular formula is C21H22Br2N4O2. The van der Waals surface area contributed by atoms with Gasteiger partial charge in [0.2, 0.25) is 0 Å². The lowest BCUT2D eigenvalue weighted by Gasteiger charge is -2.20. The molecule has 29 heavy (non-hydrogen) atoms. The molecule has 0 N–H and O–H groups in total. The lowest BCUT2D eigenvalue weighted by Crippen LogP contribution is -2.30. The summed E-state index contributed by atoms with van der Waals surface area (Å²) in [6, 6.07) is 9.49. The Hall–Kier alpha value is -2.06. The quantitative estimate of drug-likeness (QED) is 0.309. The molecular weight excluding hydrogens is 500 g/mol. The molecule has 0 spiro atoms. The molecule has 0 saturated carbocycles. The van der Waals surface area contributed by atoms with Crippen molar-refractivity contribution < 1.29 is 9.59 Å². The van der Waals surface area contributed by atoms with Crippen LogP contribution in [0, 0.1) is 0 Å². The number of hydrogen-bond acceptors (Lipinski definition) is 5. The fourth-order valence-corrected chi connectivity index (χ4v) is 4.75. The summed E-state index contributed by atoms with van der Waals surface area (Å²) >= 11 is 6.92. The molecule has 0 radical (unpaired) electrons. The SMILES string of the molecule is CCCN1C(=O)c2cc(Br)c(N=Nc3ccc(N(CC)CC)cc3)c(Br)c2C1=O. The van der Waals surface area contributed by atoms with E-state index in [-0.39, 0.29) is 11.8 Å². The van der Waals surface area contributed by atoms with Crippen LogP contribution >= 0.6 is 31.9 Å². The monoisotopic (exact) mass is 520 g/mol. The minimum atomic E-state index is -0.300. The van der Waals surface area contributed by atoms with Crippen LogP contribution in [0.4, 0.5) is 17.1 Å². The predicted octanol–water partition coefficient (Wildman–Crippen LogP) is 6.48. The Bertz CT molecular complexity index is 970. The second-order valence-electron chi connectivity index (χ2n) is 6.59. The number of azo groups is 1. The highest BCUT2D eigenvalue weighted by Gasteiger charge is 2.38. The molecule has 0 aliphatic carbocycles. The van der Waals surface area contributed by atoms with Gasteiger partial charge in [0.1, 0.15) is 5.69 Å². The Kier molecular flexibility index (Phi) is 6.85. The highest BCUT2D eigenvalue weighted by atomic mass is 79.9. The molecule has 1 aliphatic rings. The first kappa shape index (κ1) is 21.6. The summed E-state index contributed by atoms with van der Waals surface area (Å²) in [5, 5.41) is 8.65. The van der Waals surface area contributed by atoms with Gasteiger partial charge >= 0.3 is 0 Å². The molecule has 0 unspecified atom stereocenters. The third kappa shape index (κ3) is 4.14. The topological polar surface area (TPSA) is 65.3 Å². The third-order valence-corrected chi connectivity index (χ3v) is 6.20. The largest absolute Gasteiger partial charge is 0.372 e. The molecule has 0 saturated heterocycles. The molecule has 2 aromatic rings. The predicted molar refractivity (Wildman–Crippen MR) is 122 cm³/mol. The van der Waals surface area contributed by atoms with E-state index in [1.54, 1.807) is 6.07 Å². The first-order chi connectivity index (χ1) is 13.9. The number of anilines is 1. The van der Waals surface area contributed by atoms with Crippen molar-refractivity contribution in [1.29, 1.82) is 0 Å². The van der Waals surface area contributed by atoms with Crippen molar-refractivity contribution in [3.05, 3.63) is 50.4 Å². The maximum absolute atomic E-state index is 12.7. The molecule has 0 aromatic heterocycles. The highest BCUT2D eigenvalue weighted by Crippen LogP contribution is 2.42. The van der Waals surface area contributed by atoms with E-state index in [1.165, 1.54) is 4.90 Å². The lowest BCUT2D eigenvalue weighted by molar-refractivity contribution is 0.0654. The summed E-state index contributed by atoms with van der Waals surface area (Å²) in [5.74, 6) is -0.574. The average Bonchev–Trinajstić information content (AvgIpc) is 2.94. The molecule has 0 atom stereocenters. The van der Waals surface area contributed by atoms with E-state index in [4.69, 9.17) is 0 Å². The van der Waals surface area contributed by atoms with Crippen LogP contribution in [0.3, 0.4) is 0 Å². The maximum Gasteiger partial charge on any atom is 0.262 e. The van der Waals surface area contributed by atoms with Gasteiger partial charge in [0, 0.05) is 29.8 Å². The van der Waals surface area contributed by atoms with Crippen molar-refractivity contribution in [2.75, 3.05) is 24.5 Å². The Morgan fingerprint density at radius 1 is 0.966 bits per heavy atom. The fourth-order valence-electron chi connectivity index (χ4n) is 3.30. The van der Waals surface area contributed by atoms with Crippen molar-refractivity contribution in [2.45, 2.75) is 27.2 Å². The molecule has 2 amide bonds. The van der Waals surface area contributed by atoms with Gasteiger partial charge in [-0.3, -0.25) is 14.5 Å². The van der Waals surface area contributed by atoms with Gasteiger partial charge in [0.05, 0.1) is 21.3 Å². The molecule has 0 fully saturated rings. The van der Waals surface area contributed by atoms with E-state index in [2.05, 4.69) is 60.8 Å². The zero-order valence-corrected chi connectivity index (χ0v) is 19.7. The van der Waals surface area contributed by atoms with E-state index < -0.39 is 0 Å². The van der Waals surface area contributed by atoms with Crippen LogP contribution in [-0.2, 0) is 0 Å². The van der Waals surface area contributed by atoms with E-state index in [1.807, 2.05) is 31.2 Å². The van der Waals surface area contributed by atoms with Gasteiger partial charge in [-0.25, -0.2) is 0 Å². The van der Waals surface area contributed by atoms with Crippen molar-refractivity contribution >= 4 is 60.7 Å². The molecule has 1 aliphatic heterocycles. The molecule has 3 rings (SSSR count). The first-order valence-corrected chi connectivity index (χ1v) is 11.2. The van der Waals surface area contributed by atoms with Gasteiger partial charge in [-0.1, -0.05) is 6.92 Å². The smallest absolute Gasteiger partial charge is 0.262 e. The highest BCUT2D eigenvalue weighted by molar-refractivity contribution is 9.11. The molecule has 152 valence electrons. The minimum absolute atomic E-state index is 0.274. The summed E-state index contributed by atoms with van der Waals surface area (Å²) < 4.78 is 1.08. The summed E-state index contributed by atoms with van der Waals surface area (Å²) in [4.78, 5) is 28.8. The number of nitrogens with zero attached hydrogens (tertiary/aromatic N) is 4. The van der Waals surface area contributed by atoms with E-state index in [0.717, 1.165) is 18.8 Å². The zero-order chi connectivity index (χ0) is 21.1. The van der Waals surface area contributed by atoms with Gasteiger partial charge in [0.15, 0.2) is 0 Å². The standard InChI is InChI=1S/C21H22Br2N4O2/c1-4-11-27-20(28)15-12-16(22)19(18(23)17(15)21(27)29)25-24-13-7-9-14(10-8-13)26(5-2)6-3/h7-10,12H,4-6,11H2,1-3H3. The summed E-state index contributed by atoms with van der Waals surface area (Å²) in [5.41, 5.74) is 3.04. The maximum atomic E-state index is 12.7. The number of carbonyl (C=O) groups is 2. The number of carbonyl (C=O) groups excluding carboxylic acids is 2.